The SMILES string of the molecule is CC(C)C(C)C(=O)N(C)c1ccccc1C#N. The average molecular weight is 230 g/mol. The summed E-state index contributed by atoms with van der Waals surface area (Å²) in [4.78, 5) is 13.7. The van der Waals surface area contributed by atoms with Gasteiger partial charge in [0.1, 0.15) is 6.07 Å². The zero-order valence-corrected chi connectivity index (χ0v) is 10.8. The molecule has 1 aromatic carbocycles. The summed E-state index contributed by atoms with van der Waals surface area (Å²) in [5, 5.41) is 9.01. The van der Waals surface area contributed by atoms with Crippen molar-refractivity contribution in [1.29, 1.82) is 5.26 Å². The summed E-state index contributed by atoms with van der Waals surface area (Å²) in [5.74, 6) is 0.286. The van der Waals surface area contributed by atoms with E-state index in [2.05, 4.69) is 6.07 Å². The van der Waals surface area contributed by atoms with Gasteiger partial charge in [0.2, 0.25) is 5.91 Å². The van der Waals surface area contributed by atoms with Crippen LogP contribution in [0.2, 0.25) is 0 Å². The molecule has 3 heteroatoms. The van der Waals surface area contributed by atoms with Crippen LogP contribution in [0, 0.1) is 23.2 Å². The Morgan fingerprint density at radius 2 is 1.88 bits per heavy atom. The molecular formula is C14H18N2O. The molecule has 90 valence electrons. The Balaban J connectivity index is 3.01. The van der Waals surface area contributed by atoms with Gasteiger partial charge in [-0.15, -0.1) is 0 Å². The van der Waals surface area contributed by atoms with Crippen molar-refractivity contribution < 1.29 is 4.79 Å². The van der Waals surface area contributed by atoms with Gasteiger partial charge in [0, 0.05) is 13.0 Å². The van der Waals surface area contributed by atoms with Crippen LogP contribution in [-0.4, -0.2) is 13.0 Å². The fourth-order valence-electron chi connectivity index (χ4n) is 1.57. The number of benzene rings is 1. The molecular weight excluding hydrogens is 212 g/mol. The van der Waals surface area contributed by atoms with Crippen LogP contribution in [0.4, 0.5) is 5.69 Å². The van der Waals surface area contributed by atoms with Crippen LogP contribution < -0.4 is 4.90 Å². The number of nitriles is 1. The molecule has 0 fully saturated rings. The molecule has 0 aliphatic rings. The van der Waals surface area contributed by atoms with Gasteiger partial charge in [-0.1, -0.05) is 32.9 Å². The largest absolute Gasteiger partial charge is 0.314 e. The number of para-hydroxylation sites is 1. The maximum Gasteiger partial charge on any atom is 0.229 e. The van der Waals surface area contributed by atoms with Crippen molar-refractivity contribution in [3.63, 3.8) is 0 Å². The second-order valence-corrected chi connectivity index (χ2v) is 4.56. The third-order valence-electron chi connectivity index (χ3n) is 3.11. The van der Waals surface area contributed by atoms with E-state index in [9.17, 15) is 4.79 Å². The predicted molar refractivity (Wildman–Crippen MR) is 68.6 cm³/mol. The number of nitrogens with zero attached hydrogens (tertiary/aromatic N) is 2. The zero-order chi connectivity index (χ0) is 13.0. The summed E-state index contributed by atoms with van der Waals surface area (Å²) in [6.45, 7) is 5.96. The molecule has 0 bridgehead atoms. The Morgan fingerprint density at radius 3 is 2.41 bits per heavy atom. The summed E-state index contributed by atoms with van der Waals surface area (Å²) in [7, 11) is 1.72. The maximum atomic E-state index is 12.2. The minimum absolute atomic E-state index is 0.0442. The highest BCUT2D eigenvalue weighted by Gasteiger charge is 2.22. The number of carbonyl (C=O) groups is 1. The van der Waals surface area contributed by atoms with Gasteiger partial charge in [-0.2, -0.15) is 5.26 Å². The second-order valence-electron chi connectivity index (χ2n) is 4.56. The number of hydrogen-bond acceptors (Lipinski definition) is 2. The Morgan fingerprint density at radius 1 is 1.29 bits per heavy atom. The normalized spacial score (nSPS) is 12.0. The second kappa shape index (κ2) is 5.49. The van der Waals surface area contributed by atoms with Crippen LogP contribution in [0.25, 0.3) is 0 Å². The highest BCUT2D eigenvalue weighted by Crippen LogP contribution is 2.22. The molecule has 3 nitrogen and oxygen atoms in total. The monoisotopic (exact) mass is 230 g/mol. The summed E-state index contributed by atoms with van der Waals surface area (Å²) in [6, 6.07) is 9.25. The summed E-state index contributed by atoms with van der Waals surface area (Å²) in [5.41, 5.74) is 1.20. The van der Waals surface area contributed by atoms with E-state index in [0.29, 0.717) is 17.2 Å². The van der Waals surface area contributed by atoms with Gasteiger partial charge in [0.05, 0.1) is 11.3 Å². The van der Waals surface area contributed by atoms with Gasteiger partial charge in [-0.3, -0.25) is 4.79 Å². The van der Waals surface area contributed by atoms with E-state index < -0.39 is 0 Å². The highest BCUT2D eigenvalue weighted by atomic mass is 16.2. The quantitative estimate of drug-likeness (QED) is 0.801. The Kier molecular flexibility index (Phi) is 4.28. The van der Waals surface area contributed by atoms with Gasteiger partial charge in [-0.05, 0) is 18.1 Å². The first-order chi connectivity index (χ1) is 7.99. The molecule has 0 aliphatic heterocycles. The van der Waals surface area contributed by atoms with E-state index in [1.54, 1.807) is 30.1 Å². The molecule has 0 saturated heterocycles. The third kappa shape index (κ3) is 2.85. The molecule has 0 heterocycles. The Labute approximate surface area is 103 Å². The number of carbonyl (C=O) groups excluding carboxylic acids is 1. The molecule has 0 N–H and O–H groups in total. The van der Waals surface area contributed by atoms with Crippen molar-refractivity contribution in [2.75, 3.05) is 11.9 Å². The number of rotatable bonds is 3. The third-order valence-corrected chi connectivity index (χ3v) is 3.11. The van der Waals surface area contributed by atoms with Crippen LogP contribution in [0.3, 0.4) is 0 Å². The lowest BCUT2D eigenvalue weighted by Crippen LogP contribution is -2.34. The van der Waals surface area contributed by atoms with E-state index >= 15 is 0 Å². The lowest BCUT2D eigenvalue weighted by atomic mass is 9.96. The van der Waals surface area contributed by atoms with E-state index in [1.165, 1.54) is 0 Å². The fourth-order valence-corrected chi connectivity index (χ4v) is 1.57. The molecule has 0 radical (unpaired) electrons. The highest BCUT2D eigenvalue weighted by molar-refractivity contribution is 5.95. The molecule has 17 heavy (non-hydrogen) atoms. The van der Waals surface area contributed by atoms with E-state index in [1.807, 2.05) is 26.8 Å². The van der Waals surface area contributed by atoms with Crippen LogP contribution >= 0.6 is 0 Å². The van der Waals surface area contributed by atoms with Crippen molar-refractivity contribution >= 4 is 11.6 Å². The lowest BCUT2D eigenvalue weighted by molar-refractivity contribution is -0.122. The molecule has 0 saturated carbocycles. The van der Waals surface area contributed by atoms with E-state index in [0.717, 1.165) is 0 Å². The molecule has 0 aliphatic carbocycles. The van der Waals surface area contributed by atoms with Crippen molar-refractivity contribution in [3.05, 3.63) is 29.8 Å². The number of amides is 1. The molecule has 0 aromatic heterocycles. The van der Waals surface area contributed by atoms with Crippen molar-refractivity contribution in [3.8, 4) is 6.07 Å². The molecule has 1 amide bonds. The van der Waals surface area contributed by atoms with Crippen LogP contribution in [0.15, 0.2) is 24.3 Å². The summed E-state index contributed by atoms with van der Waals surface area (Å²) >= 11 is 0. The predicted octanol–water partition coefficient (Wildman–Crippen LogP) is 2.81. The standard InChI is InChI=1S/C14H18N2O/c1-10(2)11(3)14(17)16(4)13-8-6-5-7-12(13)9-15/h5-8,10-11H,1-4H3. The molecule has 1 unspecified atom stereocenters. The molecule has 1 atom stereocenters. The van der Waals surface area contributed by atoms with Gasteiger partial charge < -0.3 is 4.90 Å². The Bertz CT molecular complexity index is 446. The first-order valence-electron chi connectivity index (χ1n) is 5.75. The lowest BCUT2D eigenvalue weighted by Gasteiger charge is -2.24. The maximum absolute atomic E-state index is 12.2. The van der Waals surface area contributed by atoms with Crippen LogP contribution in [0.5, 0.6) is 0 Å². The number of hydrogen-bond donors (Lipinski definition) is 0. The fraction of sp³-hybridized carbons (Fsp3) is 0.429. The van der Waals surface area contributed by atoms with Crippen molar-refractivity contribution in [2.45, 2.75) is 20.8 Å². The van der Waals surface area contributed by atoms with Crippen molar-refractivity contribution in [2.24, 2.45) is 11.8 Å². The smallest absolute Gasteiger partial charge is 0.229 e. The topological polar surface area (TPSA) is 44.1 Å². The van der Waals surface area contributed by atoms with Gasteiger partial charge in [-0.25, -0.2) is 0 Å². The Hall–Kier alpha value is -1.82. The first-order valence-corrected chi connectivity index (χ1v) is 5.75. The molecule has 0 spiro atoms. The number of anilines is 1. The van der Waals surface area contributed by atoms with Gasteiger partial charge >= 0.3 is 0 Å². The minimum atomic E-state index is -0.0493. The van der Waals surface area contributed by atoms with Gasteiger partial charge in [0.15, 0.2) is 0 Å². The van der Waals surface area contributed by atoms with E-state index in [-0.39, 0.29) is 11.8 Å². The summed E-state index contributed by atoms with van der Waals surface area (Å²) < 4.78 is 0. The minimum Gasteiger partial charge on any atom is -0.314 e. The molecule has 1 rings (SSSR count). The summed E-state index contributed by atoms with van der Waals surface area (Å²) in [6.07, 6.45) is 0. The zero-order valence-electron chi connectivity index (χ0n) is 10.8. The average Bonchev–Trinajstić information content (AvgIpc) is 2.35. The van der Waals surface area contributed by atoms with Gasteiger partial charge in [0.25, 0.3) is 0 Å². The first kappa shape index (κ1) is 13.2. The molecule has 1 aromatic rings. The van der Waals surface area contributed by atoms with Crippen LogP contribution in [-0.2, 0) is 4.79 Å². The van der Waals surface area contributed by atoms with Crippen molar-refractivity contribution in [1.82, 2.24) is 0 Å². The van der Waals surface area contributed by atoms with E-state index in [4.69, 9.17) is 5.26 Å². The van der Waals surface area contributed by atoms with Crippen LogP contribution in [0.1, 0.15) is 26.3 Å².